The van der Waals surface area contributed by atoms with E-state index in [1.54, 1.807) is 6.08 Å². The van der Waals surface area contributed by atoms with Crippen LogP contribution < -0.4 is 5.32 Å². The van der Waals surface area contributed by atoms with Gasteiger partial charge in [0.25, 0.3) is 0 Å². The molecule has 0 atom stereocenters. The molecule has 0 aromatic heterocycles. The Bertz CT molecular complexity index is 719. The van der Waals surface area contributed by atoms with Crippen molar-refractivity contribution < 1.29 is 4.79 Å². The molecule has 2 aromatic carbocycles. The van der Waals surface area contributed by atoms with Gasteiger partial charge in [0.1, 0.15) is 0 Å². The van der Waals surface area contributed by atoms with Crippen molar-refractivity contribution in [2.45, 2.75) is 52.0 Å². The summed E-state index contributed by atoms with van der Waals surface area (Å²) in [6.07, 6.45) is 4.27. The van der Waals surface area contributed by atoms with E-state index in [9.17, 15) is 4.79 Å². The summed E-state index contributed by atoms with van der Waals surface area (Å²) in [7, 11) is 0. The highest BCUT2D eigenvalue weighted by molar-refractivity contribution is 5.92. The molecule has 0 aliphatic carbocycles. The molecule has 0 aliphatic rings. The lowest BCUT2D eigenvalue weighted by Gasteiger charge is -2.25. The number of nitrogens with one attached hydrogen (secondary N) is 1. The monoisotopic (exact) mass is 335 g/mol. The third kappa shape index (κ3) is 6.22. The van der Waals surface area contributed by atoms with E-state index in [-0.39, 0.29) is 16.9 Å². The van der Waals surface area contributed by atoms with Crippen LogP contribution in [0.5, 0.6) is 0 Å². The molecule has 132 valence electrons. The molecule has 2 heteroatoms. The van der Waals surface area contributed by atoms with E-state index >= 15 is 0 Å². The molecular formula is C23H29NO. The van der Waals surface area contributed by atoms with E-state index in [1.807, 2.05) is 38.1 Å². The summed E-state index contributed by atoms with van der Waals surface area (Å²) in [6, 6.07) is 18.6. The number of amides is 1. The zero-order chi connectivity index (χ0) is 18.5. The second-order valence-electron chi connectivity index (χ2n) is 8.24. The molecule has 0 saturated carbocycles. The van der Waals surface area contributed by atoms with Crippen LogP contribution >= 0.6 is 0 Å². The molecule has 2 rings (SSSR count). The van der Waals surface area contributed by atoms with Gasteiger partial charge in [-0.3, -0.25) is 4.79 Å². The number of benzene rings is 2. The third-order valence-corrected chi connectivity index (χ3v) is 4.15. The van der Waals surface area contributed by atoms with Crippen molar-refractivity contribution in [3.05, 3.63) is 77.4 Å². The van der Waals surface area contributed by atoms with E-state index in [2.05, 4.69) is 62.5 Å². The SMILES string of the molecule is CC(C)(Cc1ccccc1)NC(=O)/C=C/c1ccc(C(C)(C)C)cc1. The van der Waals surface area contributed by atoms with Gasteiger partial charge in [-0.05, 0) is 48.4 Å². The van der Waals surface area contributed by atoms with Crippen molar-refractivity contribution >= 4 is 12.0 Å². The number of hydrogen-bond acceptors (Lipinski definition) is 1. The molecule has 1 N–H and O–H groups in total. The minimum Gasteiger partial charge on any atom is -0.347 e. The minimum atomic E-state index is -0.293. The fourth-order valence-electron chi connectivity index (χ4n) is 2.79. The van der Waals surface area contributed by atoms with Gasteiger partial charge in [-0.15, -0.1) is 0 Å². The zero-order valence-electron chi connectivity index (χ0n) is 16.0. The Kier molecular flexibility index (Phi) is 5.84. The van der Waals surface area contributed by atoms with Crippen LogP contribution in [0.2, 0.25) is 0 Å². The normalized spacial score (nSPS) is 12.4. The van der Waals surface area contributed by atoms with Gasteiger partial charge >= 0.3 is 0 Å². The second-order valence-corrected chi connectivity index (χ2v) is 8.24. The Balaban J connectivity index is 1.95. The Morgan fingerprint density at radius 3 is 2.08 bits per heavy atom. The van der Waals surface area contributed by atoms with E-state index in [4.69, 9.17) is 0 Å². The van der Waals surface area contributed by atoms with Crippen molar-refractivity contribution in [2.24, 2.45) is 0 Å². The average molecular weight is 335 g/mol. The van der Waals surface area contributed by atoms with Crippen LogP contribution in [0, 0.1) is 0 Å². The molecule has 0 bridgehead atoms. The second kappa shape index (κ2) is 7.69. The average Bonchev–Trinajstić information content (AvgIpc) is 2.52. The lowest BCUT2D eigenvalue weighted by molar-refractivity contribution is -0.117. The molecule has 25 heavy (non-hydrogen) atoms. The zero-order valence-corrected chi connectivity index (χ0v) is 16.0. The molecule has 0 fully saturated rings. The molecular weight excluding hydrogens is 306 g/mol. The maximum absolute atomic E-state index is 12.3. The van der Waals surface area contributed by atoms with Crippen molar-refractivity contribution in [3.63, 3.8) is 0 Å². The molecule has 0 radical (unpaired) electrons. The van der Waals surface area contributed by atoms with Crippen molar-refractivity contribution in [1.29, 1.82) is 0 Å². The first-order valence-corrected chi connectivity index (χ1v) is 8.80. The van der Waals surface area contributed by atoms with E-state index in [0.717, 1.165) is 12.0 Å². The molecule has 0 unspecified atom stereocenters. The maximum atomic E-state index is 12.3. The highest BCUT2D eigenvalue weighted by Crippen LogP contribution is 2.22. The number of hydrogen-bond donors (Lipinski definition) is 1. The standard InChI is InChI=1S/C23H29NO/c1-22(2,3)20-14-11-18(12-15-20)13-16-21(25)24-23(4,5)17-19-9-7-6-8-10-19/h6-16H,17H2,1-5H3,(H,24,25)/b16-13+. The Hall–Kier alpha value is -2.35. The van der Waals surface area contributed by atoms with Gasteiger partial charge in [0.15, 0.2) is 0 Å². The Morgan fingerprint density at radius 2 is 1.52 bits per heavy atom. The first-order chi connectivity index (χ1) is 11.7. The van der Waals surface area contributed by atoms with Gasteiger partial charge in [0, 0.05) is 11.6 Å². The number of rotatable bonds is 5. The lowest BCUT2D eigenvalue weighted by atomic mass is 9.87. The van der Waals surface area contributed by atoms with E-state index in [0.29, 0.717) is 0 Å². The summed E-state index contributed by atoms with van der Waals surface area (Å²) in [5, 5.41) is 3.08. The van der Waals surface area contributed by atoms with E-state index in [1.165, 1.54) is 11.1 Å². The molecule has 0 spiro atoms. The fraction of sp³-hybridized carbons (Fsp3) is 0.348. The molecule has 2 nitrogen and oxygen atoms in total. The molecule has 1 amide bonds. The highest BCUT2D eigenvalue weighted by atomic mass is 16.1. The lowest BCUT2D eigenvalue weighted by Crippen LogP contribution is -2.44. The number of carbonyl (C=O) groups excluding carboxylic acids is 1. The van der Waals surface area contributed by atoms with Gasteiger partial charge in [-0.25, -0.2) is 0 Å². The predicted molar refractivity (Wildman–Crippen MR) is 107 cm³/mol. The number of carbonyl (C=O) groups is 1. The summed E-state index contributed by atoms with van der Waals surface area (Å²) in [5.74, 6) is -0.0687. The smallest absolute Gasteiger partial charge is 0.244 e. The molecule has 0 heterocycles. The van der Waals surface area contributed by atoms with Crippen LogP contribution in [0.1, 0.15) is 51.3 Å². The van der Waals surface area contributed by atoms with Crippen molar-refractivity contribution in [1.82, 2.24) is 5.32 Å². The quantitative estimate of drug-likeness (QED) is 0.754. The van der Waals surface area contributed by atoms with Gasteiger partial charge in [-0.1, -0.05) is 75.4 Å². The van der Waals surface area contributed by atoms with Crippen LogP contribution in [0.25, 0.3) is 6.08 Å². The van der Waals surface area contributed by atoms with E-state index < -0.39 is 0 Å². The van der Waals surface area contributed by atoms with Crippen molar-refractivity contribution in [3.8, 4) is 0 Å². The topological polar surface area (TPSA) is 29.1 Å². The predicted octanol–water partition coefficient (Wildman–Crippen LogP) is 5.13. The maximum Gasteiger partial charge on any atom is 0.244 e. The highest BCUT2D eigenvalue weighted by Gasteiger charge is 2.19. The Morgan fingerprint density at radius 1 is 0.920 bits per heavy atom. The third-order valence-electron chi connectivity index (χ3n) is 4.15. The van der Waals surface area contributed by atoms with Crippen LogP contribution in [0.15, 0.2) is 60.7 Å². The molecule has 0 aliphatic heterocycles. The first-order valence-electron chi connectivity index (χ1n) is 8.80. The Labute approximate surface area is 152 Å². The molecule has 0 saturated heterocycles. The summed E-state index contributed by atoms with van der Waals surface area (Å²) in [6.45, 7) is 10.7. The minimum absolute atomic E-state index is 0.0687. The van der Waals surface area contributed by atoms with Gasteiger partial charge in [-0.2, -0.15) is 0 Å². The van der Waals surface area contributed by atoms with Crippen LogP contribution in [-0.4, -0.2) is 11.4 Å². The van der Waals surface area contributed by atoms with Gasteiger partial charge in [0.05, 0.1) is 0 Å². The summed E-state index contributed by atoms with van der Waals surface area (Å²) in [5.41, 5.74) is 3.39. The van der Waals surface area contributed by atoms with Crippen LogP contribution in [-0.2, 0) is 16.6 Å². The summed E-state index contributed by atoms with van der Waals surface area (Å²) >= 11 is 0. The van der Waals surface area contributed by atoms with Crippen LogP contribution in [0.3, 0.4) is 0 Å². The van der Waals surface area contributed by atoms with Gasteiger partial charge in [0.2, 0.25) is 5.91 Å². The van der Waals surface area contributed by atoms with Crippen LogP contribution in [0.4, 0.5) is 0 Å². The fourth-order valence-corrected chi connectivity index (χ4v) is 2.79. The largest absolute Gasteiger partial charge is 0.347 e. The molecule has 2 aromatic rings. The van der Waals surface area contributed by atoms with Gasteiger partial charge < -0.3 is 5.32 Å². The first kappa shape index (κ1) is 19.0. The summed E-state index contributed by atoms with van der Waals surface area (Å²) < 4.78 is 0. The summed E-state index contributed by atoms with van der Waals surface area (Å²) in [4.78, 5) is 12.3. The van der Waals surface area contributed by atoms with Crippen molar-refractivity contribution in [2.75, 3.05) is 0 Å².